The molecule has 19 heavy (non-hydrogen) atoms. The van der Waals surface area contributed by atoms with Gasteiger partial charge < -0.3 is 10.0 Å². The summed E-state index contributed by atoms with van der Waals surface area (Å²) in [6, 6.07) is 10.8. The zero-order valence-electron chi connectivity index (χ0n) is 11.7. The number of likely N-dealkylation sites (tertiary alicyclic amines) is 1. The molecule has 2 fully saturated rings. The van der Waals surface area contributed by atoms with Crippen LogP contribution in [0.4, 0.5) is 0 Å². The van der Waals surface area contributed by atoms with Gasteiger partial charge >= 0.3 is 0 Å². The van der Waals surface area contributed by atoms with Crippen LogP contribution in [0.25, 0.3) is 0 Å². The predicted molar refractivity (Wildman–Crippen MR) is 78.0 cm³/mol. The van der Waals surface area contributed by atoms with Gasteiger partial charge in [0, 0.05) is 6.54 Å². The van der Waals surface area contributed by atoms with E-state index in [4.69, 9.17) is 0 Å². The molecule has 104 valence electrons. The fourth-order valence-electron chi connectivity index (χ4n) is 3.22. The molecule has 0 bridgehead atoms. The van der Waals surface area contributed by atoms with Crippen LogP contribution < -0.4 is 0 Å². The Morgan fingerprint density at radius 1 is 1.05 bits per heavy atom. The zero-order valence-corrected chi connectivity index (χ0v) is 11.7. The summed E-state index contributed by atoms with van der Waals surface area (Å²) in [4.78, 5) is 2.46. The second kappa shape index (κ2) is 6.06. The standard InChI is InChI=1S/C17H25NO/c19-17(16-6-7-16)13-18-10-8-15(9-11-18)12-14-4-2-1-3-5-14/h1-5,15-17,19H,6-13H2. The van der Waals surface area contributed by atoms with Crippen molar-refractivity contribution in [2.75, 3.05) is 19.6 Å². The van der Waals surface area contributed by atoms with Crippen molar-refractivity contribution in [2.45, 2.75) is 38.2 Å². The molecule has 1 aromatic rings. The first-order valence-electron chi connectivity index (χ1n) is 7.75. The molecule has 1 aliphatic carbocycles. The van der Waals surface area contributed by atoms with Crippen molar-refractivity contribution in [1.29, 1.82) is 0 Å². The number of benzene rings is 1. The summed E-state index contributed by atoms with van der Waals surface area (Å²) >= 11 is 0. The number of piperidine rings is 1. The van der Waals surface area contributed by atoms with Gasteiger partial charge in [-0.1, -0.05) is 30.3 Å². The normalized spacial score (nSPS) is 23.4. The van der Waals surface area contributed by atoms with Crippen LogP contribution in [0.3, 0.4) is 0 Å². The molecule has 2 aliphatic rings. The second-order valence-electron chi connectivity index (χ2n) is 6.34. The van der Waals surface area contributed by atoms with Crippen molar-refractivity contribution < 1.29 is 5.11 Å². The zero-order chi connectivity index (χ0) is 13.1. The fraction of sp³-hybridized carbons (Fsp3) is 0.647. The predicted octanol–water partition coefficient (Wildman–Crippen LogP) is 2.71. The van der Waals surface area contributed by atoms with Crippen molar-refractivity contribution >= 4 is 0 Å². The lowest BCUT2D eigenvalue weighted by Gasteiger charge is -2.33. The number of hydrogen-bond donors (Lipinski definition) is 1. The maximum atomic E-state index is 10.0. The SMILES string of the molecule is OC(CN1CCC(Cc2ccccc2)CC1)C1CC1. The van der Waals surface area contributed by atoms with Gasteiger partial charge in [-0.3, -0.25) is 0 Å². The Kier molecular flexibility index (Phi) is 4.19. The summed E-state index contributed by atoms with van der Waals surface area (Å²) in [5.74, 6) is 1.44. The van der Waals surface area contributed by atoms with Crippen molar-refractivity contribution in [3.8, 4) is 0 Å². The van der Waals surface area contributed by atoms with Crippen LogP contribution in [0.2, 0.25) is 0 Å². The summed E-state index contributed by atoms with van der Waals surface area (Å²) in [5.41, 5.74) is 1.47. The van der Waals surface area contributed by atoms with Gasteiger partial charge in [-0.2, -0.15) is 0 Å². The van der Waals surface area contributed by atoms with Crippen LogP contribution in [0.1, 0.15) is 31.2 Å². The highest BCUT2D eigenvalue weighted by atomic mass is 16.3. The molecule has 3 rings (SSSR count). The Morgan fingerprint density at radius 3 is 2.37 bits per heavy atom. The molecule has 2 nitrogen and oxygen atoms in total. The lowest BCUT2D eigenvalue weighted by molar-refractivity contribution is 0.0757. The monoisotopic (exact) mass is 259 g/mol. The topological polar surface area (TPSA) is 23.5 Å². The lowest BCUT2D eigenvalue weighted by Crippen LogP contribution is -2.39. The average molecular weight is 259 g/mol. The van der Waals surface area contributed by atoms with Gasteiger partial charge in [-0.15, -0.1) is 0 Å². The van der Waals surface area contributed by atoms with Crippen LogP contribution in [0, 0.1) is 11.8 Å². The molecule has 0 radical (unpaired) electrons. The van der Waals surface area contributed by atoms with E-state index >= 15 is 0 Å². The van der Waals surface area contributed by atoms with E-state index in [-0.39, 0.29) is 6.10 Å². The average Bonchev–Trinajstić information content (AvgIpc) is 3.27. The molecule has 2 heteroatoms. The van der Waals surface area contributed by atoms with Crippen molar-refractivity contribution in [2.24, 2.45) is 11.8 Å². The summed E-state index contributed by atoms with van der Waals surface area (Å²) in [5, 5.41) is 10.0. The highest BCUT2D eigenvalue weighted by Crippen LogP contribution is 2.33. The number of hydrogen-bond acceptors (Lipinski definition) is 2. The molecule has 0 aromatic heterocycles. The van der Waals surface area contributed by atoms with Gasteiger partial charge in [0.15, 0.2) is 0 Å². The molecule has 0 spiro atoms. The molecule has 1 aliphatic heterocycles. The Labute approximate surface area is 116 Å². The number of aliphatic hydroxyl groups is 1. The van der Waals surface area contributed by atoms with E-state index in [2.05, 4.69) is 35.2 Å². The Hall–Kier alpha value is -0.860. The molecule has 1 heterocycles. The van der Waals surface area contributed by atoms with Gasteiger partial charge in [0.05, 0.1) is 6.10 Å². The minimum absolute atomic E-state index is 0.0642. The maximum absolute atomic E-state index is 10.0. The molecule has 1 atom stereocenters. The smallest absolute Gasteiger partial charge is 0.0695 e. The summed E-state index contributed by atoms with van der Waals surface area (Å²) in [6.45, 7) is 3.24. The third kappa shape index (κ3) is 3.80. The summed E-state index contributed by atoms with van der Waals surface area (Å²) < 4.78 is 0. The lowest BCUT2D eigenvalue weighted by atomic mass is 9.90. The molecule has 1 saturated heterocycles. The Bertz CT molecular complexity index is 380. The van der Waals surface area contributed by atoms with Crippen LogP contribution in [0.15, 0.2) is 30.3 Å². The van der Waals surface area contributed by atoms with Crippen LogP contribution in [-0.2, 0) is 6.42 Å². The van der Waals surface area contributed by atoms with Crippen LogP contribution >= 0.6 is 0 Å². The Morgan fingerprint density at radius 2 is 1.74 bits per heavy atom. The quantitative estimate of drug-likeness (QED) is 0.879. The largest absolute Gasteiger partial charge is 0.392 e. The highest BCUT2D eigenvalue weighted by molar-refractivity contribution is 5.15. The summed E-state index contributed by atoms with van der Waals surface area (Å²) in [6.07, 6.45) is 6.21. The molecular formula is C17H25NO. The first-order chi connectivity index (χ1) is 9.31. The van der Waals surface area contributed by atoms with Crippen molar-refractivity contribution in [3.63, 3.8) is 0 Å². The minimum atomic E-state index is -0.0642. The minimum Gasteiger partial charge on any atom is -0.392 e. The van der Waals surface area contributed by atoms with E-state index in [1.54, 1.807) is 0 Å². The third-order valence-electron chi connectivity index (χ3n) is 4.69. The molecular weight excluding hydrogens is 234 g/mol. The summed E-state index contributed by atoms with van der Waals surface area (Å²) in [7, 11) is 0. The van der Waals surface area contributed by atoms with Gasteiger partial charge in [0.1, 0.15) is 0 Å². The van der Waals surface area contributed by atoms with Crippen molar-refractivity contribution in [1.82, 2.24) is 4.90 Å². The molecule has 0 amide bonds. The Balaban J connectivity index is 1.41. The molecule has 1 aromatic carbocycles. The van der Waals surface area contributed by atoms with Crippen LogP contribution in [-0.4, -0.2) is 35.7 Å². The molecule has 1 N–H and O–H groups in total. The van der Waals surface area contributed by atoms with Gasteiger partial charge in [-0.25, -0.2) is 0 Å². The third-order valence-corrected chi connectivity index (χ3v) is 4.69. The van der Waals surface area contributed by atoms with E-state index in [9.17, 15) is 5.11 Å². The maximum Gasteiger partial charge on any atom is 0.0695 e. The number of aliphatic hydroxyl groups excluding tert-OH is 1. The van der Waals surface area contributed by atoms with E-state index < -0.39 is 0 Å². The van der Waals surface area contributed by atoms with E-state index in [0.29, 0.717) is 5.92 Å². The van der Waals surface area contributed by atoms with E-state index in [1.165, 1.54) is 50.8 Å². The number of β-amino-alcohol motifs (C(OH)–C–C–N with tert-alkyl or cyclic N) is 1. The molecule has 1 saturated carbocycles. The first kappa shape index (κ1) is 13.1. The molecule has 1 unspecified atom stereocenters. The first-order valence-corrected chi connectivity index (χ1v) is 7.75. The fourth-order valence-corrected chi connectivity index (χ4v) is 3.22. The van der Waals surface area contributed by atoms with E-state index in [0.717, 1.165) is 12.5 Å². The van der Waals surface area contributed by atoms with Gasteiger partial charge in [0.25, 0.3) is 0 Å². The van der Waals surface area contributed by atoms with Crippen LogP contribution in [0.5, 0.6) is 0 Å². The van der Waals surface area contributed by atoms with Crippen molar-refractivity contribution in [3.05, 3.63) is 35.9 Å². The van der Waals surface area contributed by atoms with E-state index in [1.807, 2.05) is 0 Å². The van der Waals surface area contributed by atoms with Gasteiger partial charge in [-0.05, 0) is 62.6 Å². The second-order valence-corrected chi connectivity index (χ2v) is 6.34. The number of rotatable bonds is 5. The number of nitrogens with zero attached hydrogens (tertiary/aromatic N) is 1. The van der Waals surface area contributed by atoms with Gasteiger partial charge in [0.2, 0.25) is 0 Å². The highest BCUT2D eigenvalue weighted by Gasteiger charge is 2.31.